The van der Waals surface area contributed by atoms with Gasteiger partial charge in [0.15, 0.2) is 11.5 Å². The average Bonchev–Trinajstić information content (AvgIpc) is 3.47. The zero-order valence-corrected chi connectivity index (χ0v) is 18.0. The van der Waals surface area contributed by atoms with Crippen molar-refractivity contribution in [2.45, 2.75) is 6.42 Å². The van der Waals surface area contributed by atoms with Crippen molar-refractivity contribution in [1.82, 2.24) is 5.32 Å². The molecule has 0 saturated carbocycles. The molecule has 7 heteroatoms. The van der Waals surface area contributed by atoms with Crippen molar-refractivity contribution in [3.8, 4) is 22.6 Å². The largest absolute Gasteiger partial charge is 0.454 e. The number of ether oxygens (including phenoxy) is 3. The number of hydrogen-bond acceptors (Lipinski definition) is 6. The van der Waals surface area contributed by atoms with Crippen molar-refractivity contribution in [2.24, 2.45) is 0 Å². The van der Waals surface area contributed by atoms with Crippen molar-refractivity contribution >= 4 is 22.2 Å². The number of nitrogens with one attached hydrogen (secondary N) is 1. The summed E-state index contributed by atoms with van der Waals surface area (Å²) in [7, 11) is 0. The zero-order chi connectivity index (χ0) is 21.0. The van der Waals surface area contributed by atoms with Gasteiger partial charge in [-0.15, -0.1) is 11.3 Å². The predicted molar refractivity (Wildman–Crippen MR) is 121 cm³/mol. The fourth-order valence-corrected chi connectivity index (χ4v) is 4.97. The molecule has 1 amide bonds. The fourth-order valence-electron chi connectivity index (χ4n) is 3.82. The van der Waals surface area contributed by atoms with Gasteiger partial charge in [-0.05, 0) is 35.7 Å². The summed E-state index contributed by atoms with van der Waals surface area (Å²) in [4.78, 5) is 16.0. The molecule has 0 atom stereocenters. The van der Waals surface area contributed by atoms with Crippen LogP contribution in [0.15, 0.2) is 54.6 Å². The maximum absolute atomic E-state index is 12.9. The topological polar surface area (TPSA) is 60.0 Å². The lowest BCUT2D eigenvalue weighted by Gasteiger charge is -2.28. The molecule has 1 aromatic heterocycles. The number of carbonyl (C=O) groups is 1. The van der Waals surface area contributed by atoms with E-state index in [0.717, 1.165) is 57.6 Å². The molecule has 3 aromatic rings. The first kappa shape index (κ1) is 19.9. The smallest absolute Gasteiger partial charge is 0.261 e. The van der Waals surface area contributed by atoms with E-state index in [2.05, 4.69) is 22.3 Å². The van der Waals surface area contributed by atoms with Crippen LogP contribution in [0, 0.1) is 0 Å². The lowest BCUT2D eigenvalue weighted by Crippen LogP contribution is -2.35. The highest BCUT2D eigenvalue weighted by atomic mass is 32.1. The third-order valence-electron chi connectivity index (χ3n) is 5.46. The summed E-state index contributed by atoms with van der Waals surface area (Å²) >= 11 is 1.55. The van der Waals surface area contributed by atoms with E-state index in [1.54, 1.807) is 11.3 Å². The molecule has 160 valence electrons. The number of thiophene rings is 1. The van der Waals surface area contributed by atoms with Crippen LogP contribution in [0.1, 0.15) is 15.2 Å². The van der Waals surface area contributed by atoms with Crippen LogP contribution < -0.4 is 19.7 Å². The first-order valence-electron chi connectivity index (χ1n) is 10.5. The van der Waals surface area contributed by atoms with Gasteiger partial charge in [0, 0.05) is 25.2 Å². The molecule has 0 aliphatic carbocycles. The van der Waals surface area contributed by atoms with E-state index in [1.165, 1.54) is 0 Å². The SMILES string of the molecule is O=C(NCCc1ccc2c(c1)OCO2)c1cc(-c2ccccc2)c(N2CCOCC2)s1. The van der Waals surface area contributed by atoms with Crippen LogP contribution in [0.3, 0.4) is 0 Å². The van der Waals surface area contributed by atoms with Crippen molar-refractivity contribution in [3.63, 3.8) is 0 Å². The van der Waals surface area contributed by atoms with Gasteiger partial charge in [-0.1, -0.05) is 36.4 Å². The summed E-state index contributed by atoms with van der Waals surface area (Å²) in [6, 6.07) is 18.2. The van der Waals surface area contributed by atoms with E-state index in [-0.39, 0.29) is 12.7 Å². The van der Waals surface area contributed by atoms with Gasteiger partial charge in [-0.25, -0.2) is 0 Å². The molecule has 5 rings (SSSR count). The third-order valence-corrected chi connectivity index (χ3v) is 6.65. The number of nitrogens with zero attached hydrogens (tertiary/aromatic N) is 1. The molecule has 31 heavy (non-hydrogen) atoms. The van der Waals surface area contributed by atoms with Gasteiger partial charge >= 0.3 is 0 Å². The highest BCUT2D eigenvalue weighted by molar-refractivity contribution is 7.18. The maximum atomic E-state index is 12.9. The molecule has 3 heterocycles. The Morgan fingerprint density at radius 1 is 1.00 bits per heavy atom. The van der Waals surface area contributed by atoms with Gasteiger partial charge in [0.25, 0.3) is 5.91 Å². The third kappa shape index (κ3) is 4.38. The molecular weight excluding hydrogens is 412 g/mol. The summed E-state index contributed by atoms with van der Waals surface area (Å²) in [6.45, 7) is 3.93. The van der Waals surface area contributed by atoms with Gasteiger partial charge in [-0.3, -0.25) is 4.79 Å². The van der Waals surface area contributed by atoms with Crippen LogP contribution in [0.25, 0.3) is 11.1 Å². The Labute approximate surface area is 185 Å². The Bertz CT molecular complexity index is 1060. The molecule has 2 aliphatic rings. The second-order valence-electron chi connectivity index (χ2n) is 7.49. The molecule has 1 N–H and O–H groups in total. The minimum absolute atomic E-state index is 0.0394. The van der Waals surface area contributed by atoms with Gasteiger partial charge in [-0.2, -0.15) is 0 Å². The Balaban J connectivity index is 1.29. The van der Waals surface area contributed by atoms with E-state index in [4.69, 9.17) is 14.2 Å². The molecular formula is C24H24N2O4S. The summed E-state index contributed by atoms with van der Waals surface area (Å²) in [5, 5.41) is 4.20. The number of hydrogen-bond donors (Lipinski definition) is 1. The summed E-state index contributed by atoms with van der Waals surface area (Å²) in [6.07, 6.45) is 0.732. The molecule has 0 bridgehead atoms. The highest BCUT2D eigenvalue weighted by Gasteiger charge is 2.22. The summed E-state index contributed by atoms with van der Waals surface area (Å²) < 4.78 is 16.3. The number of rotatable bonds is 6. The van der Waals surface area contributed by atoms with Crippen LogP contribution in [-0.4, -0.2) is 45.5 Å². The Morgan fingerprint density at radius 2 is 1.81 bits per heavy atom. The van der Waals surface area contributed by atoms with Crippen LogP contribution in [0.2, 0.25) is 0 Å². The monoisotopic (exact) mass is 436 g/mol. The van der Waals surface area contributed by atoms with E-state index < -0.39 is 0 Å². The Hall–Kier alpha value is -3.03. The molecule has 2 aromatic carbocycles. The number of anilines is 1. The zero-order valence-electron chi connectivity index (χ0n) is 17.1. The lowest BCUT2D eigenvalue weighted by molar-refractivity contribution is 0.0958. The highest BCUT2D eigenvalue weighted by Crippen LogP contribution is 2.39. The van der Waals surface area contributed by atoms with Crippen LogP contribution in [0.5, 0.6) is 11.5 Å². The normalized spacial score (nSPS) is 15.2. The second kappa shape index (κ2) is 8.99. The molecule has 2 aliphatic heterocycles. The Kier molecular flexibility index (Phi) is 5.78. The molecule has 0 spiro atoms. The van der Waals surface area contributed by atoms with E-state index in [0.29, 0.717) is 19.8 Å². The van der Waals surface area contributed by atoms with Crippen LogP contribution in [0.4, 0.5) is 5.00 Å². The van der Waals surface area contributed by atoms with E-state index in [9.17, 15) is 4.79 Å². The van der Waals surface area contributed by atoms with Crippen molar-refractivity contribution in [1.29, 1.82) is 0 Å². The fraction of sp³-hybridized carbons (Fsp3) is 0.292. The van der Waals surface area contributed by atoms with Gasteiger partial charge < -0.3 is 24.4 Å². The number of morpholine rings is 1. The van der Waals surface area contributed by atoms with Crippen LogP contribution in [-0.2, 0) is 11.2 Å². The predicted octanol–water partition coefficient (Wildman–Crippen LogP) is 3.95. The maximum Gasteiger partial charge on any atom is 0.261 e. The standard InChI is InChI=1S/C24H24N2O4S/c27-23(25-9-8-17-6-7-20-21(14-17)30-16-29-20)22-15-19(18-4-2-1-3-5-18)24(31-22)26-10-12-28-13-11-26/h1-7,14-15H,8-13,16H2,(H,25,27). The minimum atomic E-state index is -0.0394. The van der Waals surface area contributed by atoms with Gasteiger partial charge in [0.05, 0.1) is 23.1 Å². The van der Waals surface area contributed by atoms with Crippen molar-refractivity contribution < 1.29 is 19.0 Å². The molecule has 1 fully saturated rings. The number of amides is 1. The summed E-state index contributed by atoms with van der Waals surface area (Å²) in [5.74, 6) is 1.50. The Morgan fingerprint density at radius 3 is 2.65 bits per heavy atom. The van der Waals surface area contributed by atoms with Crippen molar-refractivity contribution in [2.75, 3.05) is 44.5 Å². The van der Waals surface area contributed by atoms with Crippen molar-refractivity contribution in [3.05, 3.63) is 65.0 Å². The van der Waals surface area contributed by atoms with Gasteiger partial charge in [0.1, 0.15) is 0 Å². The van der Waals surface area contributed by atoms with E-state index in [1.807, 2.05) is 42.5 Å². The molecule has 1 saturated heterocycles. The van der Waals surface area contributed by atoms with Crippen LogP contribution >= 0.6 is 11.3 Å². The van der Waals surface area contributed by atoms with E-state index >= 15 is 0 Å². The summed E-state index contributed by atoms with van der Waals surface area (Å²) in [5.41, 5.74) is 3.34. The molecule has 0 radical (unpaired) electrons. The average molecular weight is 437 g/mol. The molecule has 0 unspecified atom stereocenters. The van der Waals surface area contributed by atoms with Gasteiger partial charge in [0.2, 0.25) is 6.79 Å². The lowest BCUT2D eigenvalue weighted by atomic mass is 10.1. The number of carbonyl (C=O) groups excluding carboxylic acids is 1. The second-order valence-corrected chi connectivity index (χ2v) is 8.52. The quantitative estimate of drug-likeness (QED) is 0.634. The first-order valence-corrected chi connectivity index (χ1v) is 11.3. The first-order chi connectivity index (χ1) is 15.3. The number of benzene rings is 2. The number of fused-ring (bicyclic) bond motifs is 1. The molecule has 6 nitrogen and oxygen atoms in total. The minimum Gasteiger partial charge on any atom is -0.454 e.